The van der Waals surface area contributed by atoms with Crippen molar-refractivity contribution in [2.75, 3.05) is 0 Å². The molecule has 0 heterocycles. The molecule has 0 radical (unpaired) electrons. The maximum atomic E-state index is 2.39. The second kappa shape index (κ2) is 5.08. The fourth-order valence-electron chi connectivity index (χ4n) is 4.32. The van der Waals surface area contributed by atoms with Crippen molar-refractivity contribution in [3.63, 3.8) is 0 Å². The van der Waals surface area contributed by atoms with Crippen molar-refractivity contribution in [2.45, 2.75) is 38.5 Å². The summed E-state index contributed by atoms with van der Waals surface area (Å²) in [6, 6.07) is 26.7. The molecule has 1 aliphatic carbocycles. The number of benzene rings is 3. The highest BCUT2D eigenvalue weighted by Gasteiger charge is 2.42. The van der Waals surface area contributed by atoms with E-state index in [1.807, 2.05) is 0 Å². The Kier molecular flexibility index (Phi) is 3.22. The monoisotopic (exact) mass is 312 g/mol. The standard InChI is InChI=1S/C24H24/c1-23(2,3)21-15-9-10-16-22(21)24(4)19-13-7-5-11-17(19)18-12-6-8-14-20(18)24/h5-16H,1-4H3. The number of hydrogen-bond donors (Lipinski definition) is 0. The minimum absolute atomic E-state index is 0.100. The third-order valence-electron chi connectivity index (χ3n) is 5.50. The van der Waals surface area contributed by atoms with Gasteiger partial charge < -0.3 is 0 Å². The zero-order chi connectivity index (χ0) is 16.9. The van der Waals surface area contributed by atoms with Crippen molar-refractivity contribution < 1.29 is 0 Å². The van der Waals surface area contributed by atoms with Gasteiger partial charge >= 0.3 is 0 Å². The van der Waals surface area contributed by atoms with Crippen LogP contribution in [0.25, 0.3) is 11.1 Å². The smallest absolute Gasteiger partial charge is 0.0438 e. The van der Waals surface area contributed by atoms with Crippen LogP contribution in [0, 0.1) is 0 Å². The van der Waals surface area contributed by atoms with Crippen molar-refractivity contribution in [1.29, 1.82) is 0 Å². The average Bonchev–Trinajstić information content (AvgIpc) is 2.85. The first-order chi connectivity index (χ1) is 11.4. The van der Waals surface area contributed by atoms with Crippen LogP contribution in [-0.4, -0.2) is 0 Å². The number of fused-ring (bicyclic) bond motifs is 3. The minimum Gasteiger partial charge on any atom is -0.0620 e. The van der Waals surface area contributed by atoms with Gasteiger partial charge in [-0.3, -0.25) is 0 Å². The molecule has 3 aromatic rings. The lowest BCUT2D eigenvalue weighted by atomic mass is 9.69. The van der Waals surface area contributed by atoms with Gasteiger partial charge in [0.2, 0.25) is 0 Å². The summed E-state index contributed by atoms with van der Waals surface area (Å²) in [5, 5.41) is 0. The summed E-state index contributed by atoms with van der Waals surface area (Å²) in [4.78, 5) is 0. The van der Waals surface area contributed by atoms with Crippen molar-refractivity contribution >= 4 is 0 Å². The maximum absolute atomic E-state index is 2.39. The van der Waals surface area contributed by atoms with Gasteiger partial charge in [-0.2, -0.15) is 0 Å². The quantitative estimate of drug-likeness (QED) is 0.493. The zero-order valence-corrected chi connectivity index (χ0v) is 14.9. The molecule has 4 rings (SSSR count). The Bertz CT molecular complexity index is 864. The molecule has 0 aliphatic heterocycles. The highest BCUT2D eigenvalue weighted by molar-refractivity contribution is 5.83. The molecule has 0 aromatic heterocycles. The van der Waals surface area contributed by atoms with Crippen molar-refractivity contribution in [3.05, 3.63) is 95.1 Å². The predicted octanol–water partition coefficient (Wildman–Crippen LogP) is 6.32. The van der Waals surface area contributed by atoms with Crippen LogP contribution in [0.1, 0.15) is 49.9 Å². The first kappa shape index (κ1) is 15.2. The molecule has 0 amide bonds. The van der Waals surface area contributed by atoms with Gasteiger partial charge in [0.1, 0.15) is 0 Å². The molecule has 1 aliphatic rings. The molecule has 0 unspecified atom stereocenters. The summed E-state index contributed by atoms with van der Waals surface area (Å²) in [7, 11) is 0. The van der Waals surface area contributed by atoms with Crippen LogP contribution in [0.5, 0.6) is 0 Å². The number of hydrogen-bond acceptors (Lipinski definition) is 0. The van der Waals surface area contributed by atoms with E-state index in [0.29, 0.717) is 0 Å². The fraction of sp³-hybridized carbons (Fsp3) is 0.250. The molecule has 0 saturated heterocycles. The Morgan fingerprint density at radius 3 is 1.50 bits per heavy atom. The van der Waals surface area contributed by atoms with Gasteiger partial charge in [0.25, 0.3) is 0 Å². The maximum Gasteiger partial charge on any atom is 0.0438 e. The van der Waals surface area contributed by atoms with Gasteiger partial charge in [-0.25, -0.2) is 0 Å². The van der Waals surface area contributed by atoms with Gasteiger partial charge in [0, 0.05) is 5.41 Å². The second-order valence-corrected chi connectivity index (χ2v) is 8.01. The van der Waals surface area contributed by atoms with E-state index in [0.717, 1.165) is 0 Å². The first-order valence-electron chi connectivity index (χ1n) is 8.73. The lowest BCUT2D eigenvalue weighted by molar-refractivity contribution is 0.564. The Morgan fingerprint density at radius 1 is 0.583 bits per heavy atom. The highest BCUT2D eigenvalue weighted by Crippen LogP contribution is 2.53. The summed E-state index contributed by atoms with van der Waals surface area (Å²) in [6.45, 7) is 9.31. The van der Waals surface area contributed by atoms with Crippen LogP contribution in [0.2, 0.25) is 0 Å². The number of rotatable bonds is 1. The van der Waals surface area contributed by atoms with Gasteiger partial charge in [0.05, 0.1) is 0 Å². The lowest BCUT2D eigenvalue weighted by Gasteiger charge is -2.34. The third-order valence-corrected chi connectivity index (χ3v) is 5.50. The van der Waals surface area contributed by atoms with Crippen LogP contribution in [0.4, 0.5) is 0 Å². The van der Waals surface area contributed by atoms with Gasteiger partial charge in [-0.05, 0) is 45.7 Å². The second-order valence-electron chi connectivity index (χ2n) is 8.01. The first-order valence-corrected chi connectivity index (χ1v) is 8.73. The zero-order valence-electron chi connectivity index (χ0n) is 14.9. The highest BCUT2D eigenvalue weighted by atomic mass is 14.4. The molecule has 0 heteroatoms. The molecule has 120 valence electrons. The SMILES string of the molecule is CC(C)(C)c1ccccc1C1(C)c2ccccc2-c2ccccc21. The van der Waals surface area contributed by atoms with E-state index in [4.69, 9.17) is 0 Å². The van der Waals surface area contributed by atoms with Gasteiger partial charge in [0.15, 0.2) is 0 Å². The average molecular weight is 312 g/mol. The topological polar surface area (TPSA) is 0 Å². The molecule has 0 atom stereocenters. The van der Waals surface area contributed by atoms with E-state index in [-0.39, 0.29) is 10.8 Å². The Hall–Kier alpha value is -2.34. The molecule has 0 bridgehead atoms. The normalized spacial score (nSPS) is 15.0. The van der Waals surface area contributed by atoms with E-state index in [2.05, 4.69) is 100 Å². The third kappa shape index (κ3) is 1.99. The van der Waals surface area contributed by atoms with Crippen molar-refractivity contribution in [2.24, 2.45) is 0 Å². The molecule has 0 spiro atoms. The van der Waals surface area contributed by atoms with Gasteiger partial charge in [-0.1, -0.05) is 93.6 Å². The predicted molar refractivity (Wildman–Crippen MR) is 103 cm³/mol. The van der Waals surface area contributed by atoms with E-state index in [1.165, 1.54) is 33.4 Å². The Balaban J connectivity index is 2.10. The van der Waals surface area contributed by atoms with E-state index in [1.54, 1.807) is 0 Å². The molecule has 0 fully saturated rings. The summed E-state index contributed by atoms with van der Waals surface area (Å²) in [5.74, 6) is 0. The van der Waals surface area contributed by atoms with E-state index >= 15 is 0 Å². The molecule has 0 nitrogen and oxygen atoms in total. The fourth-order valence-corrected chi connectivity index (χ4v) is 4.32. The van der Waals surface area contributed by atoms with E-state index < -0.39 is 0 Å². The van der Waals surface area contributed by atoms with Crippen LogP contribution in [0.3, 0.4) is 0 Å². The van der Waals surface area contributed by atoms with Crippen molar-refractivity contribution in [1.82, 2.24) is 0 Å². The van der Waals surface area contributed by atoms with Crippen molar-refractivity contribution in [3.8, 4) is 11.1 Å². The molecule has 24 heavy (non-hydrogen) atoms. The summed E-state index contributed by atoms with van der Waals surface area (Å²) in [5.41, 5.74) is 8.46. The van der Waals surface area contributed by atoms with E-state index in [9.17, 15) is 0 Å². The van der Waals surface area contributed by atoms with Crippen LogP contribution >= 0.6 is 0 Å². The largest absolute Gasteiger partial charge is 0.0620 e. The molecule has 0 N–H and O–H groups in total. The summed E-state index contributed by atoms with van der Waals surface area (Å²) in [6.07, 6.45) is 0. The molecule has 3 aromatic carbocycles. The molecular formula is C24H24. The molecule has 0 saturated carbocycles. The lowest BCUT2D eigenvalue weighted by Crippen LogP contribution is -2.27. The van der Waals surface area contributed by atoms with Crippen LogP contribution in [0.15, 0.2) is 72.8 Å². The van der Waals surface area contributed by atoms with Crippen LogP contribution < -0.4 is 0 Å². The minimum atomic E-state index is -0.100. The summed E-state index contributed by atoms with van der Waals surface area (Å²) < 4.78 is 0. The Labute approximate surface area is 145 Å². The van der Waals surface area contributed by atoms with Gasteiger partial charge in [-0.15, -0.1) is 0 Å². The summed E-state index contributed by atoms with van der Waals surface area (Å²) >= 11 is 0. The van der Waals surface area contributed by atoms with Crippen LogP contribution in [-0.2, 0) is 10.8 Å². The Morgan fingerprint density at radius 2 is 1.00 bits per heavy atom. The molecular weight excluding hydrogens is 288 g/mol.